The van der Waals surface area contributed by atoms with Gasteiger partial charge < -0.3 is 20.3 Å². The third-order valence-electron chi connectivity index (χ3n) is 2.07. The van der Waals surface area contributed by atoms with Gasteiger partial charge in [0.05, 0.1) is 22.1 Å². The number of nitrogens with one attached hydrogen (secondary N) is 1. The van der Waals surface area contributed by atoms with Crippen LogP contribution in [-0.2, 0) is 0 Å². The Hall–Kier alpha value is -0.930. The van der Waals surface area contributed by atoms with Gasteiger partial charge in [-0.2, -0.15) is 0 Å². The lowest BCUT2D eigenvalue weighted by molar-refractivity contribution is -0.276. The summed E-state index contributed by atoms with van der Waals surface area (Å²) in [5, 5.41) is 21.2. The Morgan fingerprint density at radius 2 is 2.05 bits per heavy atom. The lowest BCUT2D eigenvalue weighted by Crippen LogP contribution is -2.21. The Morgan fingerprint density at radius 1 is 1.45 bits per heavy atom. The summed E-state index contributed by atoms with van der Waals surface area (Å²) in [6.07, 6.45) is -6.15. The SMILES string of the molecule is Oc1c(NCC(O)CCl)cc(Br)c(F)c1OC(F)(F)F. The summed E-state index contributed by atoms with van der Waals surface area (Å²) >= 11 is 8.04. The van der Waals surface area contributed by atoms with Crippen LogP contribution in [0.5, 0.6) is 11.5 Å². The molecule has 0 aliphatic rings. The lowest BCUT2D eigenvalue weighted by Gasteiger charge is -2.16. The Labute approximate surface area is 124 Å². The van der Waals surface area contributed by atoms with Crippen molar-refractivity contribution in [2.45, 2.75) is 12.5 Å². The maximum Gasteiger partial charge on any atom is 0.573 e. The predicted molar refractivity (Wildman–Crippen MR) is 67.7 cm³/mol. The van der Waals surface area contributed by atoms with E-state index in [4.69, 9.17) is 11.6 Å². The van der Waals surface area contributed by atoms with Crippen LogP contribution in [0.2, 0.25) is 0 Å². The molecule has 1 rings (SSSR count). The molecule has 0 amide bonds. The number of phenols is 1. The van der Waals surface area contributed by atoms with Gasteiger partial charge in [-0.1, -0.05) is 0 Å². The van der Waals surface area contributed by atoms with Gasteiger partial charge >= 0.3 is 6.36 Å². The molecule has 1 aromatic rings. The highest BCUT2D eigenvalue weighted by Gasteiger charge is 2.35. The lowest BCUT2D eigenvalue weighted by atomic mass is 10.2. The van der Waals surface area contributed by atoms with Gasteiger partial charge in [-0.05, 0) is 22.0 Å². The number of aliphatic hydroxyl groups excluding tert-OH is 1. The Balaban J connectivity index is 3.08. The summed E-state index contributed by atoms with van der Waals surface area (Å²) in [7, 11) is 0. The van der Waals surface area contributed by atoms with Crippen molar-refractivity contribution in [1.82, 2.24) is 0 Å². The Bertz CT molecular complexity index is 487. The number of hydrogen-bond acceptors (Lipinski definition) is 4. The van der Waals surface area contributed by atoms with Crippen molar-refractivity contribution in [2.24, 2.45) is 0 Å². The molecule has 0 heterocycles. The molecule has 0 spiro atoms. The first-order valence-electron chi connectivity index (χ1n) is 5.10. The van der Waals surface area contributed by atoms with Crippen LogP contribution in [0.25, 0.3) is 0 Å². The van der Waals surface area contributed by atoms with Crippen LogP contribution in [0.4, 0.5) is 23.2 Å². The van der Waals surface area contributed by atoms with Gasteiger partial charge in [0, 0.05) is 6.54 Å². The molecule has 114 valence electrons. The average Bonchev–Trinajstić information content (AvgIpc) is 2.35. The molecule has 10 heteroatoms. The fourth-order valence-electron chi connectivity index (χ4n) is 1.22. The van der Waals surface area contributed by atoms with Crippen LogP contribution in [-0.4, -0.2) is 35.1 Å². The average molecular weight is 383 g/mol. The van der Waals surface area contributed by atoms with Crippen molar-refractivity contribution >= 4 is 33.2 Å². The number of alkyl halides is 4. The summed E-state index contributed by atoms with van der Waals surface area (Å²) in [4.78, 5) is 0. The van der Waals surface area contributed by atoms with Gasteiger partial charge in [0.15, 0.2) is 11.6 Å². The van der Waals surface area contributed by atoms with E-state index in [1.54, 1.807) is 0 Å². The van der Waals surface area contributed by atoms with Crippen LogP contribution in [0, 0.1) is 5.82 Å². The van der Waals surface area contributed by atoms with Gasteiger partial charge in [-0.15, -0.1) is 24.8 Å². The standard InChI is InChI=1S/C10H9BrClF4NO3/c11-5-1-6(17-3-4(18)2-12)8(19)9(7(5)13)20-10(14,15)16/h1,4,17-19H,2-3H2. The number of aliphatic hydroxyl groups is 1. The quantitative estimate of drug-likeness (QED) is 0.416. The molecule has 4 nitrogen and oxygen atoms in total. The number of ether oxygens (including phenoxy) is 1. The van der Waals surface area contributed by atoms with Crippen LogP contribution < -0.4 is 10.1 Å². The molecule has 1 atom stereocenters. The summed E-state index contributed by atoms with van der Waals surface area (Å²) in [5.41, 5.74) is -0.248. The van der Waals surface area contributed by atoms with Crippen molar-refractivity contribution in [3.63, 3.8) is 0 Å². The minimum atomic E-state index is -5.16. The topological polar surface area (TPSA) is 61.7 Å². The van der Waals surface area contributed by atoms with Gasteiger partial charge in [0.25, 0.3) is 0 Å². The van der Waals surface area contributed by atoms with E-state index in [0.29, 0.717) is 0 Å². The number of benzene rings is 1. The van der Waals surface area contributed by atoms with E-state index in [0.717, 1.165) is 6.07 Å². The molecule has 1 aromatic carbocycles. The number of rotatable bonds is 5. The van der Waals surface area contributed by atoms with Gasteiger partial charge in [-0.3, -0.25) is 0 Å². The van der Waals surface area contributed by atoms with Crippen molar-refractivity contribution in [1.29, 1.82) is 0 Å². The maximum absolute atomic E-state index is 13.5. The molecule has 0 aliphatic carbocycles. The molecule has 0 aliphatic heterocycles. The van der Waals surface area contributed by atoms with E-state index in [-0.39, 0.29) is 22.6 Å². The van der Waals surface area contributed by atoms with Crippen molar-refractivity contribution in [3.8, 4) is 11.5 Å². The fourth-order valence-corrected chi connectivity index (χ4v) is 1.74. The van der Waals surface area contributed by atoms with E-state index >= 15 is 0 Å². The molecule has 0 radical (unpaired) electrons. The second-order valence-corrected chi connectivity index (χ2v) is 4.80. The van der Waals surface area contributed by atoms with Gasteiger partial charge in [0.2, 0.25) is 5.75 Å². The minimum Gasteiger partial charge on any atom is -0.503 e. The summed E-state index contributed by atoms with van der Waals surface area (Å²) in [6, 6.07) is 1.01. The predicted octanol–water partition coefficient (Wildman–Crippen LogP) is 3.20. The van der Waals surface area contributed by atoms with Crippen LogP contribution in [0.3, 0.4) is 0 Å². The van der Waals surface area contributed by atoms with Gasteiger partial charge in [0.1, 0.15) is 0 Å². The zero-order valence-electron chi connectivity index (χ0n) is 9.64. The fraction of sp³-hybridized carbons (Fsp3) is 0.400. The van der Waals surface area contributed by atoms with E-state index in [2.05, 4.69) is 26.0 Å². The highest BCUT2D eigenvalue weighted by molar-refractivity contribution is 9.10. The molecule has 0 bridgehead atoms. The smallest absolute Gasteiger partial charge is 0.503 e. The second-order valence-electron chi connectivity index (χ2n) is 3.63. The van der Waals surface area contributed by atoms with Crippen molar-refractivity contribution in [3.05, 3.63) is 16.4 Å². The molecule has 1 unspecified atom stereocenters. The summed E-state index contributed by atoms with van der Waals surface area (Å²) in [6.45, 7) is -0.152. The minimum absolute atomic E-state index is 0.123. The molecule has 3 N–H and O–H groups in total. The van der Waals surface area contributed by atoms with E-state index in [1.807, 2.05) is 0 Å². The molecule has 0 aromatic heterocycles. The van der Waals surface area contributed by atoms with Gasteiger partial charge in [-0.25, -0.2) is 4.39 Å². The third kappa shape index (κ3) is 4.57. The zero-order chi connectivity index (χ0) is 15.5. The first-order chi connectivity index (χ1) is 9.15. The molecule has 0 saturated heterocycles. The molecular weight excluding hydrogens is 373 g/mol. The molecular formula is C10H9BrClF4NO3. The number of halogens is 6. The second kappa shape index (κ2) is 6.68. The first-order valence-corrected chi connectivity index (χ1v) is 6.43. The summed E-state index contributed by atoms with van der Waals surface area (Å²) < 4.78 is 53.0. The molecule has 20 heavy (non-hydrogen) atoms. The largest absolute Gasteiger partial charge is 0.573 e. The van der Waals surface area contributed by atoms with Crippen LogP contribution in [0.1, 0.15) is 0 Å². The van der Waals surface area contributed by atoms with E-state index in [9.17, 15) is 27.8 Å². The number of anilines is 1. The molecule has 0 saturated carbocycles. The Morgan fingerprint density at radius 3 is 2.55 bits per heavy atom. The Kier molecular flexibility index (Phi) is 5.72. The molecule has 0 fully saturated rings. The first kappa shape index (κ1) is 17.1. The van der Waals surface area contributed by atoms with E-state index < -0.39 is 29.8 Å². The summed E-state index contributed by atoms with van der Waals surface area (Å²) in [5.74, 6) is -3.95. The van der Waals surface area contributed by atoms with Crippen LogP contribution >= 0.6 is 27.5 Å². The zero-order valence-corrected chi connectivity index (χ0v) is 12.0. The van der Waals surface area contributed by atoms with E-state index in [1.165, 1.54) is 0 Å². The third-order valence-corrected chi connectivity index (χ3v) is 3.01. The highest BCUT2D eigenvalue weighted by Crippen LogP contribution is 2.42. The van der Waals surface area contributed by atoms with Crippen LogP contribution in [0.15, 0.2) is 10.5 Å². The number of hydrogen-bond donors (Lipinski definition) is 3. The number of aromatic hydroxyl groups is 1. The number of phenolic OH excluding ortho intramolecular Hbond substituents is 1. The highest BCUT2D eigenvalue weighted by atomic mass is 79.9. The maximum atomic E-state index is 13.5. The van der Waals surface area contributed by atoms with Crippen molar-refractivity contribution in [2.75, 3.05) is 17.7 Å². The van der Waals surface area contributed by atoms with Crippen molar-refractivity contribution < 1.29 is 32.5 Å². The normalized spacial score (nSPS) is 13.2. The monoisotopic (exact) mass is 381 g/mol.